The van der Waals surface area contributed by atoms with Gasteiger partial charge in [0.15, 0.2) is 0 Å². The van der Waals surface area contributed by atoms with Gasteiger partial charge in [-0.15, -0.1) is 10.2 Å². The number of aryl methyl sites for hydroxylation is 1. The van der Waals surface area contributed by atoms with Crippen molar-refractivity contribution >= 4 is 5.91 Å². The van der Waals surface area contributed by atoms with Crippen LogP contribution in [-0.4, -0.2) is 32.2 Å². The molecule has 6 heteroatoms. The second kappa shape index (κ2) is 6.63. The highest BCUT2D eigenvalue weighted by molar-refractivity contribution is 5.78. The van der Waals surface area contributed by atoms with E-state index in [4.69, 9.17) is 0 Å². The zero-order valence-electron chi connectivity index (χ0n) is 10.9. The largest absolute Gasteiger partial charge is 0.355 e. The molecule has 100 valence electrons. The molecule has 2 aromatic heterocycles. The Kier molecular flexibility index (Phi) is 4.60. The van der Waals surface area contributed by atoms with Gasteiger partial charge in [-0.3, -0.25) is 9.78 Å². The maximum absolute atomic E-state index is 11.7. The molecule has 0 aromatic carbocycles. The van der Waals surface area contributed by atoms with Crippen LogP contribution in [0.2, 0.25) is 0 Å². The number of amides is 1. The van der Waals surface area contributed by atoms with E-state index in [2.05, 4.69) is 20.5 Å². The molecule has 0 saturated heterocycles. The normalized spacial score (nSPS) is 10.4. The van der Waals surface area contributed by atoms with Crippen LogP contribution in [0, 0.1) is 0 Å². The topological polar surface area (TPSA) is 72.7 Å². The van der Waals surface area contributed by atoms with Gasteiger partial charge in [-0.25, -0.2) is 0 Å². The van der Waals surface area contributed by atoms with Gasteiger partial charge < -0.3 is 9.88 Å². The van der Waals surface area contributed by atoms with Crippen molar-refractivity contribution in [3.8, 4) is 0 Å². The Labute approximate surface area is 111 Å². The van der Waals surface area contributed by atoms with Crippen molar-refractivity contribution in [2.45, 2.75) is 26.3 Å². The van der Waals surface area contributed by atoms with E-state index in [9.17, 15) is 4.79 Å². The molecule has 1 N–H and O–H groups in total. The minimum atomic E-state index is -0.00411. The summed E-state index contributed by atoms with van der Waals surface area (Å²) in [6.45, 7) is 3.44. The van der Waals surface area contributed by atoms with Crippen molar-refractivity contribution in [3.05, 3.63) is 42.2 Å². The molecule has 2 heterocycles. The van der Waals surface area contributed by atoms with E-state index < -0.39 is 0 Å². The Morgan fingerprint density at radius 2 is 2.37 bits per heavy atom. The average Bonchev–Trinajstić information content (AvgIpc) is 2.87. The summed E-state index contributed by atoms with van der Waals surface area (Å²) in [4.78, 5) is 15.7. The monoisotopic (exact) mass is 259 g/mol. The van der Waals surface area contributed by atoms with Gasteiger partial charge in [0.2, 0.25) is 5.91 Å². The van der Waals surface area contributed by atoms with Crippen LogP contribution in [0.3, 0.4) is 0 Å². The minimum absolute atomic E-state index is 0.00411. The quantitative estimate of drug-likeness (QED) is 0.824. The molecule has 2 aromatic rings. The van der Waals surface area contributed by atoms with Crippen molar-refractivity contribution in [1.29, 1.82) is 0 Å². The molecular weight excluding hydrogens is 242 g/mol. The number of hydrogen-bond donors (Lipinski definition) is 1. The fraction of sp³-hybridized carbons (Fsp3) is 0.385. The number of pyridine rings is 1. The van der Waals surface area contributed by atoms with Gasteiger partial charge in [0.25, 0.3) is 0 Å². The molecule has 0 saturated carbocycles. The molecule has 0 fully saturated rings. The van der Waals surface area contributed by atoms with Crippen molar-refractivity contribution in [2.24, 2.45) is 0 Å². The van der Waals surface area contributed by atoms with Crippen LogP contribution in [0.15, 0.2) is 30.9 Å². The van der Waals surface area contributed by atoms with Gasteiger partial charge in [0, 0.05) is 31.9 Å². The van der Waals surface area contributed by atoms with E-state index in [-0.39, 0.29) is 5.91 Å². The van der Waals surface area contributed by atoms with E-state index >= 15 is 0 Å². The summed E-state index contributed by atoms with van der Waals surface area (Å²) in [5, 5.41) is 10.7. The summed E-state index contributed by atoms with van der Waals surface area (Å²) in [5.41, 5.74) is 0.914. The van der Waals surface area contributed by atoms with Crippen LogP contribution in [-0.2, 0) is 24.2 Å². The fourth-order valence-electron chi connectivity index (χ4n) is 1.80. The summed E-state index contributed by atoms with van der Waals surface area (Å²) >= 11 is 0. The maximum Gasteiger partial charge on any atom is 0.224 e. The molecule has 0 bridgehead atoms. The van der Waals surface area contributed by atoms with Crippen molar-refractivity contribution in [1.82, 2.24) is 25.1 Å². The lowest BCUT2D eigenvalue weighted by molar-refractivity contribution is -0.120. The lowest BCUT2D eigenvalue weighted by Crippen LogP contribution is -2.27. The fourth-order valence-corrected chi connectivity index (χ4v) is 1.80. The second-order valence-corrected chi connectivity index (χ2v) is 4.17. The molecule has 0 spiro atoms. The Bertz CT molecular complexity index is 523. The van der Waals surface area contributed by atoms with Gasteiger partial charge >= 0.3 is 0 Å². The van der Waals surface area contributed by atoms with Gasteiger partial charge in [0.05, 0.1) is 6.42 Å². The molecule has 0 aliphatic rings. The zero-order chi connectivity index (χ0) is 13.5. The highest BCUT2D eigenvalue weighted by Gasteiger charge is 2.05. The Hall–Kier alpha value is -2.24. The average molecular weight is 259 g/mol. The number of aromatic nitrogens is 4. The predicted octanol–water partition coefficient (Wildman–Crippen LogP) is 0.594. The maximum atomic E-state index is 11.7. The Morgan fingerprint density at radius 1 is 1.47 bits per heavy atom. The third-order valence-electron chi connectivity index (χ3n) is 2.79. The van der Waals surface area contributed by atoms with Gasteiger partial charge in [0.1, 0.15) is 12.2 Å². The van der Waals surface area contributed by atoms with E-state index in [1.54, 1.807) is 18.7 Å². The summed E-state index contributed by atoms with van der Waals surface area (Å²) in [6.07, 6.45) is 6.14. The molecular formula is C13H17N5O. The van der Waals surface area contributed by atoms with Gasteiger partial charge in [-0.1, -0.05) is 6.07 Å². The molecule has 19 heavy (non-hydrogen) atoms. The predicted molar refractivity (Wildman–Crippen MR) is 70.4 cm³/mol. The van der Waals surface area contributed by atoms with E-state index in [0.717, 1.165) is 17.9 Å². The van der Waals surface area contributed by atoms with E-state index in [1.165, 1.54) is 0 Å². The first kappa shape index (κ1) is 13.2. The third kappa shape index (κ3) is 3.87. The molecule has 6 nitrogen and oxygen atoms in total. The highest BCUT2D eigenvalue weighted by Crippen LogP contribution is 1.98. The third-order valence-corrected chi connectivity index (χ3v) is 2.79. The van der Waals surface area contributed by atoms with E-state index in [0.29, 0.717) is 19.4 Å². The number of carbonyl (C=O) groups excluding carboxylic acids is 1. The van der Waals surface area contributed by atoms with Crippen molar-refractivity contribution in [3.63, 3.8) is 0 Å². The first-order chi connectivity index (χ1) is 9.29. The van der Waals surface area contributed by atoms with Crippen LogP contribution in [0.4, 0.5) is 0 Å². The van der Waals surface area contributed by atoms with Crippen molar-refractivity contribution in [2.75, 3.05) is 6.54 Å². The van der Waals surface area contributed by atoms with Crippen LogP contribution in [0.5, 0.6) is 0 Å². The van der Waals surface area contributed by atoms with Crippen LogP contribution in [0.1, 0.15) is 18.3 Å². The lowest BCUT2D eigenvalue weighted by Gasteiger charge is -2.05. The first-order valence-corrected chi connectivity index (χ1v) is 6.32. The standard InChI is InChI=1S/C13H17N5O/c1-2-18-10-16-17-12(18)5-7-15-13(19)8-11-4-3-6-14-9-11/h3-4,6,9-10H,2,5,7-8H2,1H3,(H,15,19). The summed E-state index contributed by atoms with van der Waals surface area (Å²) in [5.74, 6) is 0.889. The summed E-state index contributed by atoms with van der Waals surface area (Å²) in [6, 6.07) is 3.71. The van der Waals surface area contributed by atoms with Crippen LogP contribution in [0.25, 0.3) is 0 Å². The number of rotatable bonds is 6. The molecule has 0 unspecified atom stereocenters. The number of nitrogens with one attached hydrogen (secondary N) is 1. The second-order valence-electron chi connectivity index (χ2n) is 4.17. The summed E-state index contributed by atoms with van der Waals surface area (Å²) < 4.78 is 1.97. The molecule has 0 aliphatic heterocycles. The van der Waals surface area contributed by atoms with Crippen LogP contribution >= 0.6 is 0 Å². The molecule has 0 aliphatic carbocycles. The molecule has 0 radical (unpaired) electrons. The van der Waals surface area contributed by atoms with Crippen LogP contribution < -0.4 is 5.32 Å². The smallest absolute Gasteiger partial charge is 0.224 e. The van der Waals surface area contributed by atoms with Crippen molar-refractivity contribution < 1.29 is 4.79 Å². The molecule has 0 atom stereocenters. The van der Waals surface area contributed by atoms with Gasteiger partial charge in [-0.2, -0.15) is 0 Å². The lowest BCUT2D eigenvalue weighted by atomic mass is 10.2. The molecule has 2 rings (SSSR count). The Balaban J connectivity index is 1.75. The molecule has 1 amide bonds. The summed E-state index contributed by atoms with van der Waals surface area (Å²) in [7, 11) is 0. The number of hydrogen-bond acceptors (Lipinski definition) is 4. The SMILES string of the molecule is CCn1cnnc1CCNC(=O)Cc1cccnc1. The first-order valence-electron chi connectivity index (χ1n) is 6.32. The number of nitrogens with zero attached hydrogens (tertiary/aromatic N) is 4. The Morgan fingerprint density at radius 3 is 3.11 bits per heavy atom. The zero-order valence-corrected chi connectivity index (χ0v) is 10.9. The van der Waals surface area contributed by atoms with Gasteiger partial charge in [-0.05, 0) is 18.6 Å². The minimum Gasteiger partial charge on any atom is -0.355 e. The number of carbonyl (C=O) groups is 1. The highest BCUT2D eigenvalue weighted by atomic mass is 16.1. The van der Waals surface area contributed by atoms with E-state index in [1.807, 2.05) is 23.6 Å².